The van der Waals surface area contributed by atoms with E-state index >= 15 is 0 Å². The van der Waals surface area contributed by atoms with Gasteiger partial charge in [-0.05, 0) is 48.5 Å². The Bertz CT molecular complexity index is 966. The number of amides is 1. The first-order valence-electron chi connectivity index (χ1n) is 8.17. The summed E-state index contributed by atoms with van der Waals surface area (Å²) in [6.07, 6.45) is -4.75. The summed E-state index contributed by atoms with van der Waals surface area (Å²) in [5, 5.41) is 11.4. The number of aromatic nitrogens is 2. The molecule has 0 aliphatic carbocycles. The lowest BCUT2D eigenvalue weighted by atomic mass is 10.1. The Morgan fingerprint density at radius 3 is 2.28 bits per heavy atom. The Kier molecular flexibility index (Phi) is 6.75. The molecule has 0 spiro atoms. The minimum absolute atomic E-state index is 0.0765. The number of rotatable bonds is 6. The molecule has 0 bridgehead atoms. The van der Waals surface area contributed by atoms with Crippen LogP contribution in [-0.2, 0) is 4.79 Å². The monoisotopic (exact) mass is 483 g/mol. The van der Waals surface area contributed by atoms with E-state index < -0.39 is 6.36 Å². The highest BCUT2D eigenvalue weighted by molar-refractivity contribution is 9.10. The fourth-order valence-electron chi connectivity index (χ4n) is 2.25. The van der Waals surface area contributed by atoms with E-state index in [0.717, 1.165) is 22.2 Å². The topological polar surface area (TPSA) is 64.1 Å². The third kappa shape index (κ3) is 6.75. The van der Waals surface area contributed by atoms with E-state index in [1.807, 2.05) is 30.3 Å². The minimum atomic E-state index is -4.75. The van der Waals surface area contributed by atoms with Gasteiger partial charge in [0, 0.05) is 15.7 Å². The van der Waals surface area contributed by atoms with Gasteiger partial charge in [-0.3, -0.25) is 4.79 Å². The second-order valence-corrected chi connectivity index (χ2v) is 7.58. The van der Waals surface area contributed by atoms with Crippen molar-refractivity contribution in [3.8, 4) is 17.0 Å². The lowest BCUT2D eigenvalue weighted by molar-refractivity contribution is -0.274. The Morgan fingerprint density at radius 2 is 1.69 bits per heavy atom. The standard InChI is InChI=1S/C19H13BrF3N3O2S/c20-13-3-1-12(2-4-13)16-9-10-18(26-25-16)29-11-17(27)24-14-5-7-15(8-6-14)28-19(21,22)23/h1-10H,11H2,(H,24,27). The molecule has 3 rings (SSSR count). The SMILES string of the molecule is O=C(CSc1ccc(-c2ccc(Br)cc2)nn1)Nc1ccc(OC(F)(F)F)cc1. The van der Waals surface area contributed by atoms with Gasteiger partial charge in [0.2, 0.25) is 5.91 Å². The highest BCUT2D eigenvalue weighted by atomic mass is 79.9. The third-order valence-electron chi connectivity index (χ3n) is 3.50. The quantitative estimate of drug-likeness (QED) is 0.466. The molecule has 29 heavy (non-hydrogen) atoms. The molecule has 0 radical (unpaired) electrons. The van der Waals surface area contributed by atoms with Crippen LogP contribution in [0.5, 0.6) is 5.75 Å². The van der Waals surface area contributed by atoms with Gasteiger partial charge < -0.3 is 10.1 Å². The number of benzene rings is 2. The average molecular weight is 484 g/mol. The van der Waals surface area contributed by atoms with Gasteiger partial charge in [0.25, 0.3) is 0 Å². The molecule has 3 aromatic rings. The van der Waals surface area contributed by atoms with Crippen LogP contribution >= 0.6 is 27.7 Å². The number of thioether (sulfide) groups is 1. The zero-order chi connectivity index (χ0) is 20.9. The fourth-order valence-corrected chi connectivity index (χ4v) is 3.13. The van der Waals surface area contributed by atoms with Crippen molar-refractivity contribution >= 4 is 39.3 Å². The average Bonchev–Trinajstić information content (AvgIpc) is 2.68. The molecule has 0 saturated carbocycles. The summed E-state index contributed by atoms with van der Waals surface area (Å²) in [7, 11) is 0. The van der Waals surface area contributed by atoms with Crippen LogP contribution in [0, 0.1) is 0 Å². The Morgan fingerprint density at radius 1 is 1.00 bits per heavy atom. The maximum absolute atomic E-state index is 12.1. The number of carbonyl (C=O) groups is 1. The molecule has 150 valence electrons. The first-order chi connectivity index (χ1) is 13.8. The number of alkyl halides is 3. The molecule has 5 nitrogen and oxygen atoms in total. The number of hydrogen-bond donors (Lipinski definition) is 1. The molecule has 1 aromatic heterocycles. The summed E-state index contributed by atoms with van der Waals surface area (Å²) < 4.78 is 41.2. The molecule has 2 aromatic carbocycles. The molecule has 0 aliphatic rings. The van der Waals surface area contributed by atoms with E-state index in [4.69, 9.17) is 0 Å². The Balaban J connectivity index is 1.51. The Labute approximate surface area is 176 Å². The van der Waals surface area contributed by atoms with Crippen LogP contribution in [-0.4, -0.2) is 28.2 Å². The van der Waals surface area contributed by atoms with Crippen LogP contribution in [0.3, 0.4) is 0 Å². The number of hydrogen-bond acceptors (Lipinski definition) is 5. The smallest absolute Gasteiger partial charge is 0.406 e. The van der Waals surface area contributed by atoms with Gasteiger partial charge in [0.1, 0.15) is 10.8 Å². The van der Waals surface area contributed by atoms with Crippen molar-refractivity contribution in [1.82, 2.24) is 10.2 Å². The van der Waals surface area contributed by atoms with E-state index in [0.29, 0.717) is 16.4 Å². The van der Waals surface area contributed by atoms with Crippen LogP contribution in [0.2, 0.25) is 0 Å². The van der Waals surface area contributed by atoms with E-state index in [1.54, 1.807) is 6.07 Å². The second kappa shape index (κ2) is 9.27. The predicted octanol–water partition coefficient (Wildman–Crippen LogP) is 5.54. The molecular weight excluding hydrogens is 471 g/mol. The number of halogens is 4. The molecule has 0 aliphatic heterocycles. The van der Waals surface area contributed by atoms with Crippen LogP contribution in [0.4, 0.5) is 18.9 Å². The van der Waals surface area contributed by atoms with Crippen molar-refractivity contribution in [2.24, 2.45) is 0 Å². The molecule has 0 unspecified atom stereocenters. The number of anilines is 1. The minimum Gasteiger partial charge on any atom is -0.406 e. The van der Waals surface area contributed by atoms with Gasteiger partial charge in [-0.25, -0.2) is 0 Å². The summed E-state index contributed by atoms with van der Waals surface area (Å²) in [4.78, 5) is 12.0. The van der Waals surface area contributed by atoms with Crippen LogP contribution < -0.4 is 10.1 Å². The highest BCUT2D eigenvalue weighted by Crippen LogP contribution is 2.25. The number of nitrogens with one attached hydrogen (secondary N) is 1. The first-order valence-corrected chi connectivity index (χ1v) is 9.94. The number of nitrogens with zero attached hydrogens (tertiary/aromatic N) is 2. The first kappa shape index (κ1) is 21.1. The van der Waals surface area contributed by atoms with Gasteiger partial charge in [0.15, 0.2) is 0 Å². The van der Waals surface area contributed by atoms with Gasteiger partial charge in [-0.2, -0.15) is 0 Å². The molecule has 0 saturated heterocycles. The normalized spacial score (nSPS) is 11.2. The van der Waals surface area contributed by atoms with E-state index in [9.17, 15) is 18.0 Å². The molecular formula is C19H13BrF3N3O2S. The van der Waals surface area contributed by atoms with E-state index in [-0.39, 0.29) is 17.4 Å². The van der Waals surface area contributed by atoms with E-state index in [2.05, 4.69) is 36.2 Å². The lowest BCUT2D eigenvalue weighted by Gasteiger charge is -2.10. The maximum Gasteiger partial charge on any atom is 0.573 e. The zero-order valence-electron chi connectivity index (χ0n) is 14.6. The maximum atomic E-state index is 12.1. The summed E-state index contributed by atoms with van der Waals surface area (Å²) >= 11 is 4.57. The molecule has 1 amide bonds. The lowest BCUT2D eigenvalue weighted by Crippen LogP contribution is -2.17. The van der Waals surface area contributed by atoms with Crippen molar-refractivity contribution in [2.45, 2.75) is 11.4 Å². The predicted molar refractivity (Wildman–Crippen MR) is 108 cm³/mol. The second-order valence-electron chi connectivity index (χ2n) is 5.67. The van der Waals surface area contributed by atoms with Crippen molar-refractivity contribution in [3.63, 3.8) is 0 Å². The van der Waals surface area contributed by atoms with Crippen molar-refractivity contribution in [3.05, 3.63) is 65.1 Å². The van der Waals surface area contributed by atoms with Crippen LogP contribution in [0.15, 0.2) is 70.2 Å². The van der Waals surface area contributed by atoms with Gasteiger partial charge in [-0.1, -0.05) is 39.8 Å². The van der Waals surface area contributed by atoms with Gasteiger partial charge in [-0.15, -0.1) is 23.4 Å². The molecule has 1 heterocycles. The molecule has 0 atom stereocenters. The van der Waals surface area contributed by atoms with Crippen molar-refractivity contribution < 1.29 is 22.7 Å². The van der Waals surface area contributed by atoms with Crippen LogP contribution in [0.25, 0.3) is 11.3 Å². The summed E-state index contributed by atoms with van der Waals surface area (Å²) in [6, 6.07) is 16.1. The molecule has 10 heteroatoms. The van der Waals surface area contributed by atoms with Crippen molar-refractivity contribution in [2.75, 3.05) is 11.1 Å². The summed E-state index contributed by atoms with van der Waals surface area (Å²) in [5.74, 6) is -0.600. The fraction of sp³-hybridized carbons (Fsp3) is 0.105. The largest absolute Gasteiger partial charge is 0.573 e. The number of ether oxygens (including phenoxy) is 1. The summed E-state index contributed by atoms with van der Waals surface area (Å²) in [6.45, 7) is 0. The summed E-state index contributed by atoms with van der Waals surface area (Å²) in [5.41, 5.74) is 2.00. The molecule has 0 fully saturated rings. The highest BCUT2D eigenvalue weighted by Gasteiger charge is 2.30. The number of carbonyl (C=O) groups excluding carboxylic acids is 1. The van der Waals surface area contributed by atoms with Gasteiger partial charge in [0.05, 0.1) is 11.4 Å². The third-order valence-corrected chi connectivity index (χ3v) is 4.95. The van der Waals surface area contributed by atoms with Crippen molar-refractivity contribution in [1.29, 1.82) is 0 Å². The van der Waals surface area contributed by atoms with E-state index in [1.165, 1.54) is 23.9 Å². The van der Waals surface area contributed by atoms with Gasteiger partial charge >= 0.3 is 6.36 Å². The molecule has 1 N–H and O–H groups in total. The van der Waals surface area contributed by atoms with Crippen LogP contribution in [0.1, 0.15) is 0 Å². The zero-order valence-corrected chi connectivity index (χ0v) is 17.0. The Hall–Kier alpha value is -2.59.